The van der Waals surface area contributed by atoms with Crippen LogP contribution in [-0.4, -0.2) is 36.7 Å². The van der Waals surface area contributed by atoms with Crippen LogP contribution in [0.4, 0.5) is 5.69 Å². The Morgan fingerprint density at radius 1 is 1.03 bits per heavy atom. The van der Waals surface area contributed by atoms with Crippen LogP contribution in [0.15, 0.2) is 41.1 Å². The molecule has 0 saturated heterocycles. The summed E-state index contributed by atoms with van der Waals surface area (Å²) in [4.78, 5) is 47.3. The molecule has 0 bridgehead atoms. The highest BCUT2D eigenvalue weighted by Crippen LogP contribution is 2.12. The highest BCUT2D eigenvalue weighted by Gasteiger charge is 2.12. The van der Waals surface area contributed by atoms with Crippen molar-refractivity contribution in [2.45, 2.75) is 26.7 Å². The quantitative estimate of drug-likeness (QED) is 0.352. The molecule has 2 rings (SSSR count). The molecule has 8 heteroatoms. The Bertz CT molecular complexity index is 844. The molecular formula is C21H24N2O5S. The number of anilines is 1. The molecule has 0 unspecified atom stereocenters. The minimum Gasteiger partial charge on any atom is -0.457 e. The van der Waals surface area contributed by atoms with Gasteiger partial charge in [0, 0.05) is 41.1 Å². The number of esters is 1. The molecule has 0 aliphatic heterocycles. The molecule has 2 N–H and O–H groups in total. The number of Topliss-reactive ketones (excluding diaryl/α,β-unsaturated/α-hetero) is 1. The Morgan fingerprint density at radius 2 is 1.76 bits per heavy atom. The van der Waals surface area contributed by atoms with Crippen LogP contribution in [0.1, 0.15) is 47.4 Å². The standard InChI is InChI=1S/C21H24N2O5S/c1-14(2)20(26)23-17-7-5-15(6-8-17)18(24)12-28-19(25)4-3-10-22-21(27)16-9-11-29-13-16/h5-9,11,13-14H,3-4,10,12H2,1-2H3,(H,22,27)(H,23,26). The van der Waals surface area contributed by atoms with Gasteiger partial charge >= 0.3 is 5.97 Å². The molecule has 1 heterocycles. The first kappa shape index (κ1) is 22.3. The van der Waals surface area contributed by atoms with E-state index < -0.39 is 5.97 Å². The van der Waals surface area contributed by atoms with E-state index in [4.69, 9.17) is 4.74 Å². The van der Waals surface area contributed by atoms with E-state index in [0.29, 0.717) is 29.8 Å². The number of hydrogen-bond acceptors (Lipinski definition) is 6. The number of nitrogens with one attached hydrogen (secondary N) is 2. The predicted molar refractivity (Wildman–Crippen MR) is 111 cm³/mol. The van der Waals surface area contributed by atoms with Gasteiger partial charge in [-0.3, -0.25) is 19.2 Å². The van der Waals surface area contributed by atoms with Crippen molar-refractivity contribution in [3.8, 4) is 0 Å². The summed E-state index contributed by atoms with van der Waals surface area (Å²) in [5, 5.41) is 9.03. The van der Waals surface area contributed by atoms with Crippen LogP contribution in [0.2, 0.25) is 0 Å². The average Bonchev–Trinajstić information content (AvgIpc) is 3.24. The zero-order valence-corrected chi connectivity index (χ0v) is 17.2. The number of rotatable bonds is 10. The van der Waals surface area contributed by atoms with Crippen molar-refractivity contribution in [3.05, 3.63) is 52.2 Å². The second-order valence-electron chi connectivity index (χ2n) is 6.68. The summed E-state index contributed by atoms with van der Waals surface area (Å²) in [5.41, 5.74) is 1.59. The van der Waals surface area contributed by atoms with Gasteiger partial charge in [0.15, 0.2) is 12.4 Å². The van der Waals surface area contributed by atoms with Crippen molar-refractivity contribution >= 4 is 40.6 Å². The van der Waals surface area contributed by atoms with Crippen molar-refractivity contribution in [3.63, 3.8) is 0 Å². The van der Waals surface area contributed by atoms with Crippen LogP contribution in [-0.2, 0) is 14.3 Å². The zero-order chi connectivity index (χ0) is 21.2. The molecule has 0 atom stereocenters. The summed E-state index contributed by atoms with van der Waals surface area (Å²) in [5.74, 6) is -1.25. The number of benzene rings is 1. The Kier molecular flexibility index (Phi) is 8.54. The van der Waals surface area contributed by atoms with Crippen LogP contribution >= 0.6 is 11.3 Å². The summed E-state index contributed by atoms with van der Waals surface area (Å²) in [6.45, 7) is 3.58. The largest absolute Gasteiger partial charge is 0.457 e. The summed E-state index contributed by atoms with van der Waals surface area (Å²) in [6.07, 6.45) is 0.532. The summed E-state index contributed by atoms with van der Waals surface area (Å²) in [7, 11) is 0. The molecule has 29 heavy (non-hydrogen) atoms. The first-order chi connectivity index (χ1) is 13.9. The Labute approximate surface area is 173 Å². The minimum absolute atomic E-state index is 0.107. The Balaban J connectivity index is 1.66. The van der Waals surface area contributed by atoms with Crippen molar-refractivity contribution < 1.29 is 23.9 Å². The molecule has 0 radical (unpaired) electrons. The second kappa shape index (κ2) is 11.1. The van der Waals surface area contributed by atoms with Gasteiger partial charge in [0.05, 0.1) is 0 Å². The molecule has 0 aliphatic carbocycles. The number of ketones is 1. The molecule has 7 nitrogen and oxygen atoms in total. The minimum atomic E-state index is -0.496. The SMILES string of the molecule is CC(C)C(=O)Nc1ccc(C(=O)COC(=O)CCCNC(=O)c2ccsc2)cc1. The van der Waals surface area contributed by atoms with Crippen LogP contribution in [0.5, 0.6) is 0 Å². The number of ether oxygens (including phenoxy) is 1. The summed E-state index contributed by atoms with van der Waals surface area (Å²) >= 11 is 1.44. The van der Waals surface area contributed by atoms with Crippen molar-refractivity contribution in [2.24, 2.45) is 5.92 Å². The van der Waals surface area contributed by atoms with E-state index in [1.54, 1.807) is 49.6 Å². The van der Waals surface area contributed by atoms with Crippen LogP contribution < -0.4 is 10.6 Å². The van der Waals surface area contributed by atoms with Gasteiger partial charge in [-0.2, -0.15) is 11.3 Å². The summed E-state index contributed by atoms with van der Waals surface area (Å²) < 4.78 is 4.99. The Hall–Kier alpha value is -3.00. The molecule has 154 valence electrons. The third-order valence-electron chi connectivity index (χ3n) is 3.99. The fraction of sp³-hybridized carbons (Fsp3) is 0.333. The van der Waals surface area contributed by atoms with E-state index in [-0.39, 0.29) is 36.5 Å². The maximum absolute atomic E-state index is 12.1. The normalized spacial score (nSPS) is 10.4. The highest BCUT2D eigenvalue weighted by atomic mass is 32.1. The van der Waals surface area contributed by atoms with Gasteiger partial charge in [-0.1, -0.05) is 13.8 Å². The van der Waals surface area contributed by atoms with Gasteiger partial charge in [0.1, 0.15) is 0 Å². The number of hydrogen-bond donors (Lipinski definition) is 2. The van der Waals surface area contributed by atoms with Gasteiger partial charge < -0.3 is 15.4 Å². The lowest BCUT2D eigenvalue weighted by Crippen LogP contribution is -2.24. The molecule has 0 aliphatic rings. The molecule has 0 fully saturated rings. The van der Waals surface area contributed by atoms with Crippen molar-refractivity contribution in [2.75, 3.05) is 18.5 Å². The molecule has 2 aromatic rings. The molecule has 0 saturated carbocycles. The number of carbonyl (C=O) groups is 4. The van der Waals surface area contributed by atoms with Gasteiger partial charge in [0.2, 0.25) is 5.91 Å². The molecule has 1 aromatic carbocycles. The fourth-order valence-corrected chi connectivity index (χ4v) is 2.89. The number of thiophene rings is 1. The van der Waals surface area contributed by atoms with Crippen LogP contribution in [0, 0.1) is 5.92 Å². The van der Waals surface area contributed by atoms with Crippen molar-refractivity contribution in [1.29, 1.82) is 0 Å². The van der Waals surface area contributed by atoms with E-state index in [2.05, 4.69) is 10.6 Å². The lowest BCUT2D eigenvalue weighted by atomic mass is 10.1. The average molecular weight is 416 g/mol. The second-order valence-corrected chi connectivity index (χ2v) is 7.46. The van der Waals surface area contributed by atoms with E-state index in [9.17, 15) is 19.2 Å². The molecular weight excluding hydrogens is 392 g/mol. The van der Waals surface area contributed by atoms with E-state index in [1.165, 1.54) is 11.3 Å². The predicted octanol–water partition coefficient (Wildman–Crippen LogP) is 3.28. The van der Waals surface area contributed by atoms with Crippen molar-refractivity contribution in [1.82, 2.24) is 5.32 Å². The van der Waals surface area contributed by atoms with Gasteiger partial charge in [-0.25, -0.2) is 0 Å². The van der Waals surface area contributed by atoms with Crippen LogP contribution in [0.3, 0.4) is 0 Å². The van der Waals surface area contributed by atoms with Gasteiger partial charge in [0.25, 0.3) is 5.91 Å². The van der Waals surface area contributed by atoms with Crippen LogP contribution in [0.25, 0.3) is 0 Å². The number of amides is 2. The first-order valence-electron chi connectivity index (χ1n) is 9.27. The zero-order valence-electron chi connectivity index (χ0n) is 16.4. The maximum atomic E-state index is 12.1. The molecule has 2 amide bonds. The van der Waals surface area contributed by atoms with E-state index in [1.807, 2.05) is 5.38 Å². The maximum Gasteiger partial charge on any atom is 0.306 e. The fourth-order valence-electron chi connectivity index (χ4n) is 2.26. The monoisotopic (exact) mass is 416 g/mol. The first-order valence-corrected chi connectivity index (χ1v) is 10.2. The molecule has 0 spiro atoms. The lowest BCUT2D eigenvalue weighted by Gasteiger charge is -2.08. The topological polar surface area (TPSA) is 102 Å². The third kappa shape index (κ3) is 7.50. The highest BCUT2D eigenvalue weighted by molar-refractivity contribution is 7.08. The Morgan fingerprint density at radius 3 is 2.38 bits per heavy atom. The lowest BCUT2D eigenvalue weighted by molar-refractivity contribution is -0.142. The van der Waals surface area contributed by atoms with E-state index in [0.717, 1.165) is 0 Å². The summed E-state index contributed by atoms with van der Waals surface area (Å²) in [6, 6.07) is 8.14. The molecule has 1 aromatic heterocycles. The smallest absolute Gasteiger partial charge is 0.306 e. The third-order valence-corrected chi connectivity index (χ3v) is 4.67. The van der Waals surface area contributed by atoms with Gasteiger partial charge in [-0.05, 0) is 42.1 Å². The van der Waals surface area contributed by atoms with E-state index >= 15 is 0 Å². The van der Waals surface area contributed by atoms with Gasteiger partial charge in [-0.15, -0.1) is 0 Å². The number of carbonyl (C=O) groups excluding carboxylic acids is 4.